The molecule has 1 aliphatic carbocycles. The summed E-state index contributed by atoms with van der Waals surface area (Å²) in [5, 5.41) is 0. The second-order valence-electron chi connectivity index (χ2n) is 3.69. The molecule has 0 spiro atoms. The lowest BCUT2D eigenvalue weighted by molar-refractivity contribution is -0.137. The lowest BCUT2D eigenvalue weighted by Gasteiger charge is -2.11. The van der Waals surface area contributed by atoms with Crippen LogP contribution in [-0.2, 0) is 11.6 Å². The monoisotopic (exact) mass is 198 g/mol. The Balaban J connectivity index is 2.27. The molecular weight excluding hydrogens is 189 g/mol. The molecule has 0 heterocycles. The van der Waals surface area contributed by atoms with E-state index in [0.29, 0.717) is 0 Å². The molecule has 0 saturated heterocycles. The molecule has 0 unspecified atom stereocenters. The Bertz CT molecular complexity index is 340. The SMILES string of the molecule is CC1(c2ccc(C(F)(F)F)cc2)C=C1. The third-order valence-electron chi connectivity index (χ3n) is 2.50. The van der Waals surface area contributed by atoms with Crippen molar-refractivity contribution >= 4 is 0 Å². The van der Waals surface area contributed by atoms with Gasteiger partial charge in [0, 0.05) is 5.41 Å². The van der Waals surface area contributed by atoms with Crippen LogP contribution in [0.15, 0.2) is 36.4 Å². The molecule has 0 saturated carbocycles. The third kappa shape index (κ3) is 1.54. The van der Waals surface area contributed by atoms with E-state index in [-0.39, 0.29) is 5.41 Å². The first-order valence-electron chi connectivity index (χ1n) is 4.30. The standard InChI is InChI=1S/C11H9F3/c1-10(6-7-10)8-2-4-9(5-3-8)11(12,13)14/h2-7H,1H3. The molecular formula is C11H9F3. The van der Waals surface area contributed by atoms with Gasteiger partial charge in [-0.25, -0.2) is 0 Å². The van der Waals surface area contributed by atoms with Crippen molar-refractivity contribution in [1.82, 2.24) is 0 Å². The smallest absolute Gasteiger partial charge is 0.166 e. The topological polar surface area (TPSA) is 0 Å². The van der Waals surface area contributed by atoms with Crippen molar-refractivity contribution in [2.45, 2.75) is 18.5 Å². The van der Waals surface area contributed by atoms with Gasteiger partial charge >= 0.3 is 6.18 Å². The van der Waals surface area contributed by atoms with Gasteiger partial charge in [-0.2, -0.15) is 13.2 Å². The first-order chi connectivity index (χ1) is 6.42. The molecule has 0 radical (unpaired) electrons. The fourth-order valence-electron chi connectivity index (χ4n) is 1.34. The fraction of sp³-hybridized carbons (Fsp3) is 0.273. The van der Waals surface area contributed by atoms with Crippen molar-refractivity contribution in [3.05, 3.63) is 47.5 Å². The summed E-state index contributed by atoms with van der Waals surface area (Å²) in [4.78, 5) is 0. The van der Waals surface area contributed by atoms with Gasteiger partial charge in [-0.1, -0.05) is 24.3 Å². The van der Waals surface area contributed by atoms with Crippen molar-refractivity contribution in [1.29, 1.82) is 0 Å². The summed E-state index contributed by atoms with van der Waals surface area (Å²) in [6.07, 6.45) is -0.304. The summed E-state index contributed by atoms with van der Waals surface area (Å²) in [5.41, 5.74) is 0.209. The highest BCUT2D eigenvalue weighted by molar-refractivity contribution is 5.46. The molecule has 1 aromatic carbocycles. The molecule has 74 valence electrons. The van der Waals surface area contributed by atoms with Gasteiger partial charge in [0.05, 0.1) is 5.56 Å². The number of hydrogen-bond acceptors (Lipinski definition) is 0. The summed E-state index contributed by atoms with van der Waals surface area (Å²) in [5.74, 6) is 0. The molecule has 0 aliphatic heterocycles. The summed E-state index contributed by atoms with van der Waals surface area (Å²) in [6, 6.07) is 5.31. The van der Waals surface area contributed by atoms with Gasteiger partial charge in [0.25, 0.3) is 0 Å². The quantitative estimate of drug-likeness (QED) is 0.605. The van der Waals surface area contributed by atoms with Crippen LogP contribution in [0.25, 0.3) is 0 Å². The maximum absolute atomic E-state index is 12.2. The summed E-state index contributed by atoms with van der Waals surface area (Å²) >= 11 is 0. The average Bonchev–Trinajstić information content (AvgIpc) is 2.84. The Morgan fingerprint density at radius 1 is 1.00 bits per heavy atom. The van der Waals surface area contributed by atoms with Crippen molar-refractivity contribution in [2.75, 3.05) is 0 Å². The molecule has 1 aromatic rings. The van der Waals surface area contributed by atoms with Crippen LogP contribution in [0.1, 0.15) is 18.1 Å². The fourth-order valence-corrected chi connectivity index (χ4v) is 1.34. The van der Waals surface area contributed by atoms with Crippen LogP contribution in [0.4, 0.5) is 13.2 Å². The average molecular weight is 198 g/mol. The molecule has 0 atom stereocenters. The molecule has 2 rings (SSSR count). The summed E-state index contributed by atoms with van der Waals surface area (Å²) in [6.45, 7) is 1.97. The van der Waals surface area contributed by atoms with Crippen molar-refractivity contribution in [3.63, 3.8) is 0 Å². The van der Waals surface area contributed by atoms with Crippen LogP contribution in [0, 0.1) is 0 Å². The molecule has 0 amide bonds. The van der Waals surface area contributed by atoms with E-state index in [0.717, 1.165) is 17.7 Å². The molecule has 14 heavy (non-hydrogen) atoms. The predicted molar refractivity (Wildman–Crippen MR) is 47.9 cm³/mol. The summed E-state index contributed by atoms with van der Waals surface area (Å²) < 4.78 is 36.6. The molecule has 0 nitrogen and oxygen atoms in total. The normalized spacial score (nSPS) is 18.3. The Hall–Kier alpha value is -1.25. The maximum atomic E-state index is 12.2. The second kappa shape index (κ2) is 2.62. The van der Waals surface area contributed by atoms with E-state index in [1.165, 1.54) is 12.1 Å². The van der Waals surface area contributed by atoms with Gasteiger partial charge in [-0.3, -0.25) is 0 Å². The zero-order valence-corrected chi connectivity index (χ0v) is 7.60. The lowest BCUT2D eigenvalue weighted by atomic mass is 9.95. The van der Waals surface area contributed by atoms with Crippen molar-refractivity contribution < 1.29 is 13.2 Å². The number of hydrogen-bond donors (Lipinski definition) is 0. The number of rotatable bonds is 1. The second-order valence-corrected chi connectivity index (χ2v) is 3.69. The highest BCUT2D eigenvalue weighted by Gasteiger charge is 2.33. The Kier molecular flexibility index (Phi) is 1.74. The van der Waals surface area contributed by atoms with Crippen LogP contribution < -0.4 is 0 Å². The van der Waals surface area contributed by atoms with Gasteiger partial charge in [0.2, 0.25) is 0 Å². The van der Waals surface area contributed by atoms with E-state index in [9.17, 15) is 13.2 Å². The van der Waals surface area contributed by atoms with Gasteiger partial charge in [0.1, 0.15) is 0 Å². The molecule has 1 aliphatic rings. The maximum Gasteiger partial charge on any atom is 0.416 e. The van der Waals surface area contributed by atoms with Crippen LogP contribution >= 0.6 is 0 Å². The van der Waals surface area contributed by atoms with E-state index in [2.05, 4.69) is 0 Å². The predicted octanol–water partition coefficient (Wildman–Crippen LogP) is 3.53. The third-order valence-corrected chi connectivity index (χ3v) is 2.50. The number of halogens is 3. The first kappa shape index (κ1) is 9.31. The first-order valence-corrected chi connectivity index (χ1v) is 4.30. The number of benzene rings is 1. The van der Waals surface area contributed by atoms with E-state index in [1.54, 1.807) is 0 Å². The van der Waals surface area contributed by atoms with Crippen LogP contribution in [0.5, 0.6) is 0 Å². The highest BCUT2D eigenvalue weighted by Crippen LogP contribution is 2.39. The minimum atomic E-state index is -4.24. The van der Waals surface area contributed by atoms with Gasteiger partial charge < -0.3 is 0 Å². The van der Waals surface area contributed by atoms with Crippen molar-refractivity contribution in [3.8, 4) is 0 Å². The molecule has 0 aromatic heterocycles. The number of alkyl halides is 3. The zero-order valence-electron chi connectivity index (χ0n) is 7.60. The van der Waals surface area contributed by atoms with E-state index in [1.807, 2.05) is 19.1 Å². The Labute approximate surface area is 80.1 Å². The van der Waals surface area contributed by atoms with Gasteiger partial charge in [0.15, 0.2) is 0 Å². The van der Waals surface area contributed by atoms with Crippen LogP contribution in [-0.4, -0.2) is 0 Å². The van der Waals surface area contributed by atoms with E-state index < -0.39 is 11.7 Å². The van der Waals surface area contributed by atoms with Gasteiger partial charge in [-0.05, 0) is 24.6 Å². The molecule has 0 fully saturated rings. The van der Waals surface area contributed by atoms with Crippen LogP contribution in [0.3, 0.4) is 0 Å². The molecule has 3 heteroatoms. The van der Waals surface area contributed by atoms with Crippen LogP contribution in [0.2, 0.25) is 0 Å². The highest BCUT2D eigenvalue weighted by atomic mass is 19.4. The Morgan fingerprint density at radius 2 is 1.50 bits per heavy atom. The Morgan fingerprint density at radius 3 is 1.86 bits per heavy atom. The minimum absolute atomic E-state index is 0.107. The summed E-state index contributed by atoms with van der Waals surface area (Å²) in [7, 11) is 0. The zero-order chi connectivity index (χ0) is 10.4. The number of allylic oxidation sites excluding steroid dienone is 2. The molecule has 0 bridgehead atoms. The largest absolute Gasteiger partial charge is 0.416 e. The lowest BCUT2D eigenvalue weighted by Crippen LogP contribution is -2.07. The van der Waals surface area contributed by atoms with Crippen molar-refractivity contribution in [2.24, 2.45) is 0 Å². The van der Waals surface area contributed by atoms with E-state index >= 15 is 0 Å². The minimum Gasteiger partial charge on any atom is -0.166 e. The molecule has 0 N–H and O–H groups in total. The van der Waals surface area contributed by atoms with E-state index in [4.69, 9.17) is 0 Å². The van der Waals surface area contributed by atoms with Gasteiger partial charge in [-0.15, -0.1) is 0 Å².